The Morgan fingerprint density at radius 3 is 2.56 bits per heavy atom. The van der Waals surface area contributed by atoms with E-state index >= 15 is 0 Å². The largest absolute Gasteiger partial charge is 0.305 e. The minimum Gasteiger partial charge on any atom is -0.305 e. The summed E-state index contributed by atoms with van der Waals surface area (Å²) in [6, 6.07) is 2.69. The zero-order valence-electron chi connectivity index (χ0n) is 8.75. The molecule has 16 heavy (non-hydrogen) atoms. The molecule has 0 aliphatic rings. The van der Waals surface area contributed by atoms with Gasteiger partial charge in [0.25, 0.3) is 0 Å². The van der Waals surface area contributed by atoms with Crippen LogP contribution in [0.4, 0.5) is 4.39 Å². The Bertz CT molecular complexity index is 467. The molecule has 0 atom stereocenters. The van der Waals surface area contributed by atoms with Crippen molar-refractivity contribution in [1.82, 2.24) is 5.48 Å². The highest BCUT2D eigenvalue weighted by molar-refractivity contribution is 9.10. The van der Waals surface area contributed by atoms with Gasteiger partial charge in [-0.3, -0.25) is 0 Å². The van der Waals surface area contributed by atoms with E-state index < -0.39 is 15.7 Å². The molecule has 0 saturated heterocycles. The smallest absolute Gasteiger partial charge is 0.179 e. The summed E-state index contributed by atoms with van der Waals surface area (Å²) in [6.07, 6.45) is 0.962. The van der Waals surface area contributed by atoms with Gasteiger partial charge in [0, 0.05) is 17.3 Å². The van der Waals surface area contributed by atoms with Crippen molar-refractivity contribution in [3.05, 3.63) is 28.0 Å². The van der Waals surface area contributed by atoms with Gasteiger partial charge >= 0.3 is 0 Å². The van der Waals surface area contributed by atoms with E-state index in [1.54, 1.807) is 0 Å². The second kappa shape index (κ2) is 5.22. The lowest BCUT2D eigenvalue weighted by Gasteiger charge is -2.07. The van der Waals surface area contributed by atoms with E-state index in [0.717, 1.165) is 12.3 Å². The molecule has 7 heteroatoms. The van der Waals surface area contributed by atoms with Crippen molar-refractivity contribution in [3.8, 4) is 0 Å². The second-order valence-corrected chi connectivity index (χ2v) is 5.99. The maximum atomic E-state index is 13.6. The van der Waals surface area contributed by atoms with Crippen molar-refractivity contribution in [2.75, 3.05) is 13.4 Å². The number of sulfone groups is 1. The number of nitrogens with one attached hydrogen (secondary N) is 1. The summed E-state index contributed by atoms with van der Waals surface area (Å²) in [5, 5.41) is 0. The van der Waals surface area contributed by atoms with Crippen LogP contribution in [-0.2, 0) is 21.2 Å². The van der Waals surface area contributed by atoms with E-state index in [1.807, 2.05) is 0 Å². The Morgan fingerprint density at radius 2 is 2.12 bits per heavy atom. The molecule has 0 aliphatic carbocycles. The van der Waals surface area contributed by atoms with Crippen LogP contribution in [0, 0.1) is 5.82 Å². The summed E-state index contributed by atoms with van der Waals surface area (Å²) in [7, 11) is -2.13. The van der Waals surface area contributed by atoms with Gasteiger partial charge in [-0.25, -0.2) is 12.8 Å². The average molecular weight is 312 g/mol. The molecule has 4 nitrogen and oxygen atoms in total. The van der Waals surface area contributed by atoms with Gasteiger partial charge in [0.2, 0.25) is 0 Å². The zero-order chi connectivity index (χ0) is 12.3. The fraction of sp³-hybridized carbons (Fsp3) is 0.333. The summed E-state index contributed by atoms with van der Waals surface area (Å²) >= 11 is 3.04. The van der Waals surface area contributed by atoms with Gasteiger partial charge in [-0.2, -0.15) is 5.48 Å². The van der Waals surface area contributed by atoms with E-state index in [2.05, 4.69) is 26.2 Å². The van der Waals surface area contributed by atoms with E-state index in [0.29, 0.717) is 5.56 Å². The highest BCUT2D eigenvalue weighted by Crippen LogP contribution is 2.26. The van der Waals surface area contributed by atoms with Crippen molar-refractivity contribution < 1.29 is 17.6 Å². The molecule has 90 valence electrons. The van der Waals surface area contributed by atoms with Crippen LogP contribution in [0.3, 0.4) is 0 Å². The topological polar surface area (TPSA) is 55.4 Å². The monoisotopic (exact) mass is 311 g/mol. The Balaban J connectivity index is 3.18. The maximum absolute atomic E-state index is 13.6. The van der Waals surface area contributed by atoms with Crippen LogP contribution in [0.5, 0.6) is 0 Å². The molecule has 1 N–H and O–H groups in total. The first-order chi connectivity index (χ1) is 7.36. The minimum atomic E-state index is -3.57. The molecule has 1 aromatic carbocycles. The van der Waals surface area contributed by atoms with Crippen LogP contribution < -0.4 is 5.48 Å². The molecule has 0 aromatic heterocycles. The third-order valence-corrected chi connectivity index (χ3v) is 3.89. The van der Waals surface area contributed by atoms with Crippen LogP contribution >= 0.6 is 15.9 Å². The predicted molar refractivity (Wildman–Crippen MR) is 61.1 cm³/mol. The Kier molecular flexibility index (Phi) is 4.43. The van der Waals surface area contributed by atoms with Crippen molar-refractivity contribution in [2.24, 2.45) is 0 Å². The summed E-state index contributed by atoms with van der Waals surface area (Å²) < 4.78 is 36.3. The van der Waals surface area contributed by atoms with E-state index in [4.69, 9.17) is 0 Å². The fourth-order valence-corrected chi connectivity index (χ4v) is 3.42. The molecule has 0 unspecified atom stereocenters. The number of benzene rings is 1. The van der Waals surface area contributed by atoms with Gasteiger partial charge in [0.05, 0.1) is 7.11 Å². The number of hydrogen-bond donors (Lipinski definition) is 1. The van der Waals surface area contributed by atoms with Crippen molar-refractivity contribution >= 4 is 25.8 Å². The highest BCUT2D eigenvalue weighted by atomic mass is 79.9. The normalized spacial score (nSPS) is 11.8. The number of rotatable bonds is 4. The van der Waals surface area contributed by atoms with Crippen LogP contribution in [0.15, 0.2) is 21.5 Å². The number of halogens is 2. The molecule has 0 fully saturated rings. The fourth-order valence-electron chi connectivity index (χ4n) is 1.22. The predicted octanol–water partition coefficient (Wildman–Crippen LogP) is 1.64. The lowest BCUT2D eigenvalue weighted by atomic mass is 10.2. The average Bonchev–Trinajstić information content (AvgIpc) is 2.11. The van der Waals surface area contributed by atoms with E-state index in [-0.39, 0.29) is 15.9 Å². The molecule has 0 radical (unpaired) electrons. The first kappa shape index (κ1) is 13.6. The summed E-state index contributed by atoms with van der Waals surface area (Å²) in [5.41, 5.74) is 3.12. The van der Waals surface area contributed by atoms with Gasteiger partial charge in [-0.1, -0.05) is 0 Å². The SMILES string of the molecule is CONCc1cc(F)c(S(C)(=O)=O)c(Br)c1. The molecular weight excluding hydrogens is 301 g/mol. The third kappa shape index (κ3) is 3.24. The third-order valence-electron chi connectivity index (χ3n) is 1.85. The quantitative estimate of drug-likeness (QED) is 0.859. The van der Waals surface area contributed by atoms with E-state index in [1.165, 1.54) is 13.2 Å². The van der Waals surface area contributed by atoms with Crippen LogP contribution in [-0.4, -0.2) is 21.8 Å². The standard InChI is InChI=1S/C9H11BrFNO3S/c1-15-12-5-6-3-7(10)9(8(11)4-6)16(2,13)14/h3-4,12H,5H2,1-2H3. The van der Waals surface area contributed by atoms with Gasteiger partial charge in [-0.05, 0) is 33.6 Å². The second-order valence-electron chi connectivity index (χ2n) is 3.19. The molecule has 0 amide bonds. The minimum absolute atomic E-state index is 0.211. The van der Waals surface area contributed by atoms with Crippen molar-refractivity contribution in [2.45, 2.75) is 11.4 Å². The molecular formula is C9H11BrFNO3S. The first-order valence-electron chi connectivity index (χ1n) is 4.30. The number of hydroxylamine groups is 1. The summed E-state index contributed by atoms with van der Waals surface area (Å²) in [4.78, 5) is 4.29. The molecule has 0 spiro atoms. The molecule has 0 bridgehead atoms. The molecule has 0 heterocycles. The van der Waals surface area contributed by atoms with Gasteiger partial charge in [0.15, 0.2) is 9.84 Å². The van der Waals surface area contributed by atoms with Gasteiger partial charge in [-0.15, -0.1) is 0 Å². The number of hydrogen-bond acceptors (Lipinski definition) is 4. The van der Waals surface area contributed by atoms with E-state index in [9.17, 15) is 12.8 Å². The molecule has 0 saturated carbocycles. The highest BCUT2D eigenvalue weighted by Gasteiger charge is 2.18. The van der Waals surface area contributed by atoms with Gasteiger partial charge < -0.3 is 4.84 Å². The molecule has 1 aromatic rings. The Morgan fingerprint density at radius 1 is 1.50 bits per heavy atom. The molecule has 1 rings (SSSR count). The lowest BCUT2D eigenvalue weighted by Crippen LogP contribution is -2.12. The maximum Gasteiger partial charge on any atom is 0.179 e. The summed E-state index contributed by atoms with van der Waals surface area (Å²) in [5.74, 6) is -0.773. The van der Waals surface area contributed by atoms with Crippen LogP contribution in [0.1, 0.15) is 5.56 Å². The Hall–Kier alpha value is -0.500. The summed E-state index contributed by atoms with van der Waals surface area (Å²) in [6.45, 7) is 0.288. The van der Waals surface area contributed by atoms with Crippen LogP contribution in [0.25, 0.3) is 0 Å². The van der Waals surface area contributed by atoms with Crippen molar-refractivity contribution in [1.29, 1.82) is 0 Å². The van der Waals surface area contributed by atoms with Gasteiger partial charge in [0.1, 0.15) is 10.7 Å². The first-order valence-corrected chi connectivity index (χ1v) is 6.98. The molecule has 0 aliphatic heterocycles. The van der Waals surface area contributed by atoms with Crippen LogP contribution in [0.2, 0.25) is 0 Å². The Labute approximate surface area is 102 Å². The lowest BCUT2D eigenvalue weighted by molar-refractivity contribution is 0.0866. The van der Waals surface area contributed by atoms with Crippen molar-refractivity contribution in [3.63, 3.8) is 0 Å². The zero-order valence-corrected chi connectivity index (χ0v) is 11.2.